The quantitative estimate of drug-likeness (QED) is 0.191. The number of aromatic nitrogens is 2. The average molecular weight is 762 g/mol. The Labute approximate surface area is 299 Å². The second-order valence-corrected chi connectivity index (χ2v) is 19.5. The molecule has 11 aromatic rings. The first-order chi connectivity index (χ1) is 24.6. The van der Waals surface area contributed by atoms with Crippen LogP contribution in [0, 0.1) is 0 Å². The van der Waals surface area contributed by atoms with E-state index in [9.17, 15) is 0 Å². The number of rotatable bonds is 0. The molecular formula is C45H25BN2Se2. The number of benzene rings is 7. The minimum atomic E-state index is -0.217. The van der Waals surface area contributed by atoms with Gasteiger partial charge in [0.25, 0.3) is 0 Å². The van der Waals surface area contributed by atoms with Crippen molar-refractivity contribution in [3.05, 3.63) is 126 Å². The van der Waals surface area contributed by atoms with Crippen LogP contribution >= 0.6 is 0 Å². The van der Waals surface area contributed by atoms with Crippen LogP contribution < -0.4 is 34.2 Å². The van der Waals surface area contributed by atoms with Crippen molar-refractivity contribution in [1.82, 2.24) is 8.80 Å². The summed E-state index contributed by atoms with van der Waals surface area (Å²) in [5.41, 5.74) is 16.1. The topological polar surface area (TPSA) is 8.82 Å². The van der Waals surface area contributed by atoms with Gasteiger partial charge in [-0.2, -0.15) is 0 Å². The van der Waals surface area contributed by atoms with Crippen LogP contribution in [0.25, 0.3) is 76.2 Å². The van der Waals surface area contributed by atoms with Gasteiger partial charge in [0.1, 0.15) is 0 Å². The molecule has 3 aliphatic heterocycles. The molecule has 50 heavy (non-hydrogen) atoms. The molecule has 14 rings (SSSR count). The molecule has 7 heterocycles. The number of hydrogen-bond donors (Lipinski definition) is 0. The second kappa shape index (κ2) is 8.23. The fourth-order valence-corrected chi connectivity index (χ4v) is 17.0. The van der Waals surface area contributed by atoms with Crippen molar-refractivity contribution in [1.29, 1.82) is 0 Å². The molecule has 4 aromatic heterocycles. The molecule has 0 radical (unpaired) electrons. The van der Waals surface area contributed by atoms with E-state index < -0.39 is 0 Å². The summed E-state index contributed by atoms with van der Waals surface area (Å²) in [6.45, 7) is 5.41. The summed E-state index contributed by atoms with van der Waals surface area (Å²) in [6.07, 6.45) is 0. The zero-order chi connectivity index (χ0) is 32.4. The Kier molecular flexibility index (Phi) is 4.30. The van der Waals surface area contributed by atoms with Crippen LogP contribution in [0.15, 0.2) is 115 Å². The standard InChI is InChI=1S/C45H25BN2Se2/c1-45(2)36-32-22-12-3-7-16-26(22)47-28-18-9-5-14-24(28)34(41(32)47)43-39(36)46-38-30(49-43)20-11-21-31(38)50-44-35-25-15-6-10-19-29(25)48-27-17-8-4-13-23(27)33(42(35)48)37(45)40(44)46/h3-21H,1-2H3. The van der Waals surface area contributed by atoms with Gasteiger partial charge < -0.3 is 0 Å². The summed E-state index contributed by atoms with van der Waals surface area (Å²) in [5, 5.41) is 11.6. The number of para-hydroxylation sites is 4. The summed E-state index contributed by atoms with van der Waals surface area (Å²) in [5.74, 6) is 0. The van der Waals surface area contributed by atoms with Gasteiger partial charge in [-0.3, -0.25) is 0 Å². The predicted octanol–water partition coefficient (Wildman–Crippen LogP) is 5.08. The number of fused-ring (bicyclic) bond motifs is 16. The van der Waals surface area contributed by atoms with Crippen molar-refractivity contribution in [2.45, 2.75) is 19.3 Å². The van der Waals surface area contributed by atoms with Crippen LogP contribution in [0.1, 0.15) is 25.0 Å². The van der Waals surface area contributed by atoms with Gasteiger partial charge in [-0.25, -0.2) is 0 Å². The molecule has 0 N–H and O–H groups in total. The first-order valence-electron chi connectivity index (χ1n) is 17.6. The maximum absolute atomic E-state index is 2.62. The monoisotopic (exact) mass is 764 g/mol. The average Bonchev–Trinajstić information content (AvgIpc) is 3.87. The molecule has 0 unspecified atom stereocenters. The van der Waals surface area contributed by atoms with Gasteiger partial charge in [-0.15, -0.1) is 0 Å². The van der Waals surface area contributed by atoms with Gasteiger partial charge in [0, 0.05) is 0 Å². The van der Waals surface area contributed by atoms with Crippen molar-refractivity contribution in [3.8, 4) is 0 Å². The van der Waals surface area contributed by atoms with Gasteiger partial charge in [0.05, 0.1) is 0 Å². The summed E-state index contributed by atoms with van der Waals surface area (Å²) in [4.78, 5) is 0. The minimum absolute atomic E-state index is 0.207. The molecule has 0 bridgehead atoms. The Morgan fingerprint density at radius 2 is 0.820 bits per heavy atom. The Morgan fingerprint density at radius 3 is 1.24 bits per heavy atom. The molecule has 2 nitrogen and oxygen atoms in total. The van der Waals surface area contributed by atoms with Crippen molar-refractivity contribution >= 4 is 147 Å². The molecular weight excluding hydrogens is 737 g/mol. The molecule has 0 spiro atoms. The van der Waals surface area contributed by atoms with Crippen LogP contribution in [-0.4, -0.2) is 45.4 Å². The van der Waals surface area contributed by atoms with Crippen LogP contribution in [0.4, 0.5) is 0 Å². The Bertz CT molecular complexity index is 3200. The fraction of sp³-hybridized carbons (Fsp3) is 0.0667. The molecule has 0 aliphatic carbocycles. The van der Waals surface area contributed by atoms with Gasteiger partial charge in [-0.1, -0.05) is 0 Å². The van der Waals surface area contributed by atoms with Gasteiger partial charge in [-0.05, 0) is 0 Å². The molecule has 0 saturated carbocycles. The molecule has 3 aliphatic rings. The van der Waals surface area contributed by atoms with E-state index >= 15 is 0 Å². The summed E-state index contributed by atoms with van der Waals surface area (Å²) in [7, 11) is 0. The maximum atomic E-state index is 2.62. The van der Waals surface area contributed by atoms with Crippen LogP contribution in [0.3, 0.4) is 0 Å². The van der Waals surface area contributed by atoms with E-state index in [0.29, 0.717) is 0 Å². The van der Waals surface area contributed by atoms with E-state index in [1.807, 2.05) is 0 Å². The number of nitrogens with zero attached hydrogens (tertiary/aromatic N) is 2. The van der Waals surface area contributed by atoms with Gasteiger partial charge >= 0.3 is 302 Å². The van der Waals surface area contributed by atoms with Gasteiger partial charge in [0.15, 0.2) is 0 Å². The van der Waals surface area contributed by atoms with E-state index in [-0.39, 0.29) is 42.0 Å². The van der Waals surface area contributed by atoms with Gasteiger partial charge in [0.2, 0.25) is 0 Å². The molecule has 7 aromatic carbocycles. The van der Waals surface area contributed by atoms with Crippen molar-refractivity contribution in [3.63, 3.8) is 0 Å². The fourth-order valence-electron chi connectivity index (χ4n) is 11.0. The first-order valence-corrected chi connectivity index (χ1v) is 21.0. The zero-order valence-electron chi connectivity index (χ0n) is 27.3. The van der Waals surface area contributed by atoms with E-state index in [1.165, 1.54) is 76.2 Å². The Balaban J connectivity index is 1.33. The third-order valence-electron chi connectivity index (χ3n) is 12.6. The second-order valence-electron chi connectivity index (χ2n) is 15.1. The summed E-state index contributed by atoms with van der Waals surface area (Å²) in [6, 6.07) is 44.2. The summed E-state index contributed by atoms with van der Waals surface area (Å²) >= 11 is 0.414. The molecule has 0 fully saturated rings. The number of hydrogen-bond acceptors (Lipinski definition) is 0. The Hall–Kier alpha value is -4.76. The molecule has 0 saturated heterocycles. The molecule has 230 valence electrons. The Morgan fingerprint density at radius 1 is 0.440 bits per heavy atom. The van der Waals surface area contributed by atoms with Crippen LogP contribution in [-0.2, 0) is 5.41 Å². The van der Waals surface area contributed by atoms with E-state index in [4.69, 9.17) is 0 Å². The predicted molar refractivity (Wildman–Crippen MR) is 215 cm³/mol. The zero-order valence-corrected chi connectivity index (χ0v) is 30.7. The van der Waals surface area contributed by atoms with Crippen molar-refractivity contribution in [2.75, 3.05) is 0 Å². The molecule has 0 amide bonds. The normalized spacial score (nSPS) is 15.8. The SMILES string of the molecule is CC1(C)c2c3c(c4c5ccccc5n5c6ccccc6c2c45)[Se]c2cccc4c2B3c2c(c3c5ccccc5n5c6ccccc6c(c21)c35)[Se]4. The molecule has 5 heteroatoms. The van der Waals surface area contributed by atoms with E-state index in [2.05, 4.69) is 138 Å². The van der Waals surface area contributed by atoms with Crippen molar-refractivity contribution in [2.24, 2.45) is 0 Å². The van der Waals surface area contributed by atoms with Crippen molar-refractivity contribution < 1.29 is 0 Å². The van der Waals surface area contributed by atoms with E-state index in [0.717, 1.165) is 0 Å². The van der Waals surface area contributed by atoms with Crippen LogP contribution in [0.5, 0.6) is 0 Å². The van der Waals surface area contributed by atoms with E-state index in [1.54, 1.807) is 45.4 Å². The third-order valence-corrected chi connectivity index (χ3v) is 17.7. The summed E-state index contributed by atoms with van der Waals surface area (Å²) < 4.78 is 11.7. The molecule has 0 atom stereocenters. The van der Waals surface area contributed by atoms with Crippen LogP contribution in [0.2, 0.25) is 0 Å². The third kappa shape index (κ3) is 2.57. The first kappa shape index (κ1) is 26.1.